The van der Waals surface area contributed by atoms with Crippen molar-refractivity contribution in [2.45, 2.75) is 148 Å². The number of rotatable bonds is 36. The molecule has 0 rings (SSSR count). The Morgan fingerprint density at radius 2 is 1.14 bits per heavy atom. The molecule has 0 fully saturated rings. The quantitative estimate of drug-likeness (QED) is 0.0132. The fourth-order valence-corrected chi connectivity index (χ4v) is 6.07. The molecule has 4 atom stereocenters. The predicted molar refractivity (Wildman–Crippen MR) is 217 cm³/mol. The highest BCUT2D eigenvalue weighted by Gasteiger charge is 2.28. The van der Waals surface area contributed by atoms with E-state index < -0.39 is 72.3 Å². The van der Waals surface area contributed by atoms with E-state index in [1.165, 1.54) is 25.7 Å². The summed E-state index contributed by atoms with van der Waals surface area (Å²) in [6, 6.07) is 0. The third-order valence-corrected chi connectivity index (χ3v) is 9.38. The summed E-state index contributed by atoms with van der Waals surface area (Å²) in [5.74, 6) is -0.513. The lowest BCUT2D eigenvalue weighted by atomic mass is 10.0. The molecule has 0 saturated carbocycles. The number of ether oxygens (including phenoxy) is 2. The van der Waals surface area contributed by atoms with Crippen LogP contribution in [0.15, 0.2) is 60.8 Å². The smallest absolute Gasteiger partial charge is 0.462 e. The largest absolute Gasteiger partial charge is 0.472 e. The summed E-state index contributed by atoms with van der Waals surface area (Å²) in [4.78, 5) is 52.5. The first-order valence-corrected chi connectivity index (χ1v) is 23.0. The monoisotopic (exact) mass is 836 g/mol. The molecule has 0 amide bonds. The fraction of sp³-hybridized carbons (Fsp3) is 0.700. The van der Waals surface area contributed by atoms with E-state index in [1.807, 2.05) is 12.2 Å². The molecule has 0 aliphatic carbocycles. The number of hydrogen-bond donors (Lipinski definition) is 5. The molecule has 324 valence electrons. The Labute approximate surface area is 334 Å². The zero-order valence-electron chi connectivity index (χ0n) is 33.7. The van der Waals surface area contributed by atoms with E-state index in [9.17, 15) is 33.8 Å². The molecule has 0 aliphatic heterocycles. The van der Waals surface area contributed by atoms with Gasteiger partial charge in [0.05, 0.1) is 25.9 Å². The first kappa shape index (κ1) is 53.8. The van der Waals surface area contributed by atoms with Gasteiger partial charge in [0.15, 0.2) is 6.10 Å². The molecule has 0 aromatic heterocycles. The number of hydrogen-bond acceptors (Lipinski definition) is 11. The molecule has 0 bridgehead atoms. The lowest BCUT2D eigenvalue weighted by Gasteiger charge is -2.20. The van der Waals surface area contributed by atoms with Crippen LogP contribution in [0.5, 0.6) is 0 Å². The van der Waals surface area contributed by atoms with Gasteiger partial charge in [-0.2, -0.15) is 0 Å². The van der Waals surface area contributed by atoms with Crippen LogP contribution in [0.1, 0.15) is 130 Å². The van der Waals surface area contributed by atoms with Crippen molar-refractivity contribution >= 4 is 27.6 Å². The average Bonchev–Trinajstić information content (AvgIpc) is 3.13. The van der Waals surface area contributed by atoms with Crippen LogP contribution in [0.2, 0.25) is 0 Å². The molecule has 0 aromatic rings. The molecule has 0 radical (unpaired) electrons. The van der Waals surface area contributed by atoms with Crippen molar-refractivity contribution in [1.82, 2.24) is 0 Å². The van der Waals surface area contributed by atoms with Crippen LogP contribution in [0.25, 0.3) is 0 Å². The Morgan fingerprint density at radius 3 is 1.75 bits per heavy atom. The van der Waals surface area contributed by atoms with Crippen LogP contribution in [-0.2, 0) is 41.8 Å². The van der Waals surface area contributed by atoms with Gasteiger partial charge in [0.1, 0.15) is 12.7 Å². The topological polar surface area (TPSA) is 216 Å². The number of allylic oxidation sites excluding steroid dienone is 9. The van der Waals surface area contributed by atoms with Crippen molar-refractivity contribution in [1.29, 1.82) is 0 Å². The van der Waals surface area contributed by atoms with Gasteiger partial charge in [-0.25, -0.2) is 9.13 Å². The Balaban J connectivity index is 4.79. The minimum atomic E-state index is -4.88. The van der Waals surface area contributed by atoms with Gasteiger partial charge in [0, 0.05) is 12.8 Å². The SMILES string of the molecule is CC/C=C\C/C=C\C/C=C\C/C=C\C=C\C(O)CCCC(=O)O[C@H](COC(=O)CCCCCCCCCCC(C)C)COP(=O)(O)OC[C@@H](O)COP(=O)(O)O. The first-order valence-electron chi connectivity index (χ1n) is 19.9. The number of unbranched alkanes of at least 4 members (excludes halogenated alkanes) is 7. The Bertz CT molecular complexity index is 1260. The second-order valence-electron chi connectivity index (χ2n) is 13.9. The normalized spacial score (nSPS) is 15.4. The van der Waals surface area contributed by atoms with Gasteiger partial charge in [-0.3, -0.25) is 23.2 Å². The van der Waals surface area contributed by atoms with Crippen LogP contribution in [-0.4, -0.2) is 81.6 Å². The van der Waals surface area contributed by atoms with E-state index in [1.54, 1.807) is 12.2 Å². The van der Waals surface area contributed by atoms with Crippen molar-refractivity contribution in [3.05, 3.63) is 60.8 Å². The van der Waals surface area contributed by atoms with Crippen molar-refractivity contribution in [2.75, 3.05) is 26.4 Å². The van der Waals surface area contributed by atoms with Crippen molar-refractivity contribution in [3.63, 3.8) is 0 Å². The minimum absolute atomic E-state index is 0.101. The Morgan fingerprint density at radius 1 is 0.607 bits per heavy atom. The molecular formula is C40H70O14P2. The maximum absolute atomic E-state index is 12.6. The second kappa shape index (κ2) is 34.8. The average molecular weight is 837 g/mol. The van der Waals surface area contributed by atoms with E-state index >= 15 is 0 Å². The molecule has 2 unspecified atom stereocenters. The van der Waals surface area contributed by atoms with E-state index in [0.717, 1.165) is 57.3 Å². The standard InChI is InChI=1S/C40H70O14P2/c1-4-5-6-7-8-9-10-11-12-13-17-20-23-27-36(41)28-25-30-40(44)54-38(34-53-56(48,49)52-32-37(42)31-51-55(45,46)47)33-50-39(43)29-24-21-18-15-14-16-19-22-26-35(2)3/h5-6,8-9,11-12,17,20,23,27,35-38,41-42H,4,7,10,13-16,18-19,21-22,24-26,28-34H2,1-3H3,(H,48,49)(H2,45,46,47)/b6-5-,9-8-,12-11-,20-17-,27-23+/t36?,37-,38+/m0/s1. The molecule has 0 aliphatic rings. The summed E-state index contributed by atoms with van der Waals surface area (Å²) in [5, 5.41) is 20.0. The summed E-state index contributed by atoms with van der Waals surface area (Å²) in [5.41, 5.74) is 0. The predicted octanol–water partition coefficient (Wildman–Crippen LogP) is 8.49. The lowest BCUT2D eigenvalue weighted by Crippen LogP contribution is -2.30. The van der Waals surface area contributed by atoms with Crippen LogP contribution in [0, 0.1) is 5.92 Å². The molecule has 16 heteroatoms. The van der Waals surface area contributed by atoms with E-state index in [2.05, 4.69) is 66.3 Å². The van der Waals surface area contributed by atoms with Gasteiger partial charge in [-0.15, -0.1) is 0 Å². The molecule has 5 N–H and O–H groups in total. The van der Waals surface area contributed by atoms with Gasteiger partial charge in [-0.05, 0) is 50.9 Å². The number of phosphoric ester groups is 2. The zero-order chi connectivity index (χ0) is 41.9. The van der Waals surface area contributed by atoms with E-state index in [4.69, 9.17) is 23.8 Å². The van der Waals surface area contributed by atoms with Gasteiger partial charge < -0.3 is 34.4 Å². The van der Waals surface area contributed by atoms with Crippen molar-refractivity contribution in [2.24, 2.45) is 5.92 Å². The lowest BCUT2D eigenvalue weighted by molar-refractivity contribution is -0.161. The minimum Gasteiger partial charge on any atom is -0.462 e. The number of carbonyl (C=O) groups is 2. The van der Waals surface area contributed by atoms with Crippen molar-refractivity contribution < 1.29 is 66.7 Å². The highest BCUT2D eigenvalue weighted by atomic mass is 31.2. The van der Waals surface area contributed by atoms with Gasteiger partial charge >= 0.3 is 27.6 Å². The number of aliphatic hydroxyl groups excluding tert-OH is 2. The molecule has 0 spiro atoms. The van der Waals surface area contributed by atoms with E-state index in [0.29, 0.717) is 6.42 Å². The number of esters is 2. The molecule has 0 saturated heterocycles. The highest BCUT2D eigenvalue weighted by Crippen LogP contribution is 2.43. The molecular weight excluding hydrogens is 766 g/mol. The van der Waals surface area contributed by atoms with E-state index in [-0.39, 0.29) is 25.7 Å². The van der Waals surface area contributed by atoms with Gasteiger partial charge in [-0.1, -0.05) is 133 Å². The zero-order valence-corrected chi connectivity index (χ0v) is 35.5. The fourth-order valence-electron chi connectivity index (χ4n) is 4.91. The maximum atomic E-state index is 12.6. The maximum Gasteiger partial charge on any atom is 0.472 e. The summed E-state index contributed by atoms with van der Waals surface area (Å²) >= 11 is 0. The Hall–Kier alpha value is -2.22. The first-order chi connectivity index (χ1) is 26.6. The summed E-state index contributed by atoms with van der Waals surface area (Å²) in [6.45, 7) is 3.64. The van der Waals surface area contributed by atoms with Crippen LogP contribution in [0.4, 0.5) is 0 Å². The number of carbonyl (C=O) groups excluding carboxylic acids is 2. The summed E-state index contributed by atoms with van der Waals surface area (Å²) < 4.78 is 47.5. The van der Waals surface area contributed by atoms with Crippen molar-refractivity contribution in [3.8, 4) is 0 Å². The van der Waals surface area contributed by atoms with Crippen LogP contribution >= 0.6 is 15.6 Å². The summed E-state index contributed by atoms with van der Waals surface area (Å²) in [6.07, 6.45) is 29.9. The van der Waals surface area contributed by atoms with Gasteiger partial charge in [0.25, 0.3) is 0 Å². The number of phosphoric acid groups is 2. The Kier molecular flexibility index (Phi) is 33.4. The molecule has 14 nitrogen and oxygen atoms in total. The molecule has 56 heavy (non-hydrogen) atoms. The third kappa shape index (κ3) is 38.6. The number of aliphatic hydroxyl groups is 2. The second-order valence-corrected chi connectivity index (χ2v) is 16.6. The van der Waals surface area contributed by atoms with Gasteiger partial charge in [0.2, 0.25) is 0 Å². The molecule has 0 aromatic carbocycles. The molecule has 0 heterocycles. The van der Waals surface area contributed by atoms with Crippen LogP contribution in [0.3, 0.4) is 0 Å². The third-order valence-electron chi connectivity index (χ3n) is 7.94. The van der Waals surface area contributed by atoms with Crippen LogP contribution < -0.4 is 0 Å². The highest BCUT2D eigenvalue weighted by molar-refractivity contribution is 7.47. The summed E-state index contributed by atoms with van der Waals surface area (Å²) in [7, 11) is -9.74.